The molecule has 0 saturated carbocycles. The van der Waals surface area contributed by atoms with Crippen molar-refractivity contribution in [3.8, 4) is 11.1 Å². The molecule has 0 spiro atoms. The van der Waals surface area contributed by atoms with Crippen molar-refractivity contribution in [3.05, 3.63) is 60.3 Å². The number of nitrogens with zero attached hydrogens (tertiary/aromatic N) is 1. The van der Waals surface area contributed by atoms with Crippen molar-refractivity contribution in [2.24, 2.45) is 5.92 Å². The Balaban J connectivity index is 1.51. The Bertz CT molecular complexity index is 984. The Hall–Kier alpha value is -2.92. The average molecular weight is 361 g/mol. The van der Waals surface area contributed by atoms with Gasteiger partial charge in [0, 0.05) is 49.1 Å². The van der Waals surface area contributed by atoms with Crippen molar-refractivity contribution in [1.29, 1.82) is 0 Å². The molecule has 3 aromatic rings. The summed E-state index contributed by atoms with van der Waals surface area (Å²) in [7, 11) is 0. The first kappa shape index (κ1) is 17.5. The number of benzene rings is 2. The zero-order chi connectivity index (χ0) is 18.8. The number of carbonyl (C=O) groups excluding carboxylic acids is 2. The van der Waals surface area contributed by atoms with Gasteiger partial charge in [-0.25, -0.2) is 0 Å². The monoisotopic (exact) mass is 361 g/mol. The fraction of sp³-hybridized carbons (Fsp3) is 0.273. The van der Waals surface area contributed by atoms with Crippen molar-refractivity contribution in [1.82, 2.24) is 15.2 Å². The molecule has 2 N–H and O–H groups in total. The molecule has 138 valence electrons. The molecule has 1 fully saturated rings. The largest absolute Gasteiger partial charge is 0.352 e. The summed E-state index contributed by atoms with van der Waals surface area (Å²) in [5, 5.41) is 7.22. The van der Waals surface area contributed by atoms with Crippen molar-refractivity contribution in [2.75, 3.05) is 19.6 Å². The van der Waals surface area contributed by atoms with E-state index in [2.05, 4.69) is 16.7 Å². The Morgan fingerprint density at radius 3 is 2.48 bits per heavy atom. The van der Waals surface area contributed by atoms with Gasteiger partial charge >= 0.3 is 0 Å². The van der Waals surface area contributed by atoms with Gasteiger partial charge in [-0.2, -0.15) is 0 Å². The van der Waals surface area contributed by atoms with Crippen LogP contribution in [0.25, 0.3) is 22.0 Å². The van der Waals surface area contributed by atoms with Gasteiger partial charge in [0.15, 0.2) is 0 Å². The van der Waals surface area contributed by atoms with Gasteiger partial charge in [0.25, 0.3) is 5.91 Å². The second-order valence-corrected chi connectivity index (χ2v) is 7.02. The van der Waals surface area contributed by atoms with E-state index in [9.17, 15) is 9.59 Å². The quantitative estimate of drug-likeness (QED) is 0.733. The van der Waals surface area contributed by atoms with Crippen LogP contribution < -0.4 is 10.6 Å². The van der Waals surface area contributed by atoms with Crippen LogP contribution in [0.5, 0.6) is 0 Å². The third-order valence-corrected chi connectivity index (χ3v) is 5.16. The van der Waals surface area contributed by atoms with Gasteiger partial charge in [-0.1, -0.05) is 25.1 Å². The summed E-state index contributed by atoms with van der Waals surface area (Å²) in [6, 6.07) is 15.7. The topological polar surface area (TPSA) is 63.1 Å². The molecule has 4 rings (SSSR count). The lowest BCUT2D eigenvalue weighted by atomic mass is 10.0. The molecule has 1 aliphatic heterocycles. The van der Waals surface area contributed by atoms with Crippen LogP contribution in [0.2, 0.25) is 0 Å². The summed E-state index contributed by atoms with van der Waals surface area (Å²) in [4.78, 5) is 24.2. The Morgan fingerprint density at radius 1 is 1.07 bits per heavy atom. The van der Waals surface area contributed by atoms with Gasteiger partial charge in [0.2, 0.25) is 5.91 Å². The zero-order valence-electron chi connectivity index (χ0n) is 15.4. The molecule has 1 amide bonds. The van der Waals surface area contributed by atoms with E-state index in [4.69, 9.17) is 0 Å². The predicted octanol–water partition coefficient (Wildman–Crippen LogP) is 3.31. The number of nitrogens with one attached hydrogen (secondary N) is 2. The van der Waals surface area contributed by atoms with Crippen LogP contribution in [0.15, 0.2) is 54.7 Å². The number of fused-ring (bicyclic) bond motifs is 1. The van der Waals surface area contributed by atoms with Crippen molar-refractivity contribution < 1.29 is 9.59 Å². The molecule has 1 saturated heterocycles. The fourth-order valence-electron chi connectivity index (χ4n) is 3.36. The highest BCUT2D eigenvalue weighted by Gasteiger charge is 2.17. The molecule has 1 aliphatic rings. The first-order chi connectivity index (χ1) is 13.2. The summed E-state index contributed by atoms with van der Waals surface area (Å²) >= 11 is 0. The molecule has 5 nitrogen and oxygen atoms in total. The van der Waals surface area contributed by atoms with E-state index >= 15 is 0 Å². The molecular formula is C22H23N3O2. The van der Waals surface area contributed by atoms with E-state index in [1.54, 1.807) is 4.57 Å². The first-order valence-electron chi connectivity index (χ1n) is 9.39. The number of amides is 1. The fourth-order valence-corrected chi connectivity index (χ4v) is 3.36. The highest BCUT2D eigenvalue weighted by atomic mass is 16.2. The van der Waals surface area contributed by atoms with E-state index in [1.807, 2.05) is 55.6 Å². The molecular weight excluding hydrogens is 338 g/mol. The second kappa shape index (κ2) is 7.37. The third-order valence-electron chi connectivity index (χ3n) is 5.16. The third kappa shape index (κ3) is 3.51. The minimum Gasteiger partial charge on any atom is -0.352 e. The lowest BCUT2D eigenvalue weighted by Gasteiger charge is -2.27. The van der Waals surface area contributed by atoms with Gasteiger partial charge in [0.1, 0.15) is 0 Å². The van der Waals surface area contributed by atoms with Crippen LogP contribution in [-0.2, 0) is 0 Å². The molecule has 5 heteroatoms. The molecule has 0 atom stereocenters. The van der Waals surface area contributed by atoms with E-state index in [-0.39, 0.29) is 11.8 Å². The zero-order valence-corrected chi connectivity index (χ0v) is 15.4. The number of carbonyl (C=O) groups is 2. The van der Waals surface area contributed by atoms with Crippen LogP contribution >= 0.6 is 0 Å². The minimum atomic E-state index is -0.0287. The standard InChI is InChI=1S/C22H23N3O2/c1-2-21(26)25-10-9-19-11-18(7-8-20(19)25)16-3-5-17(6-4-16)22(27)24-14-15-12-23-13-15/h3-11,15,23H,2,12-14H2,1H3,(H,24,27). The number of rotatable bonds is 5. The van der Waals surface area contributed by atoms with Gasteiger partial charge in [-0.15, -0.1) is 0 Å². The maximum Gasteiger partial charge on any atom is 0.251 e. The number of hydrogen-bond donors (Lipinski definition) is 2. The molecule has 1 aromatic heterocycles. The Labute approximate surface area is 158 Å². The van der Waals surface area contributed by atoms with Crippen molar-refractivity contribution in [3.63, 3.8) is 0 Å². The van der Waals surface area contributed by atoms with Crippen molar-refractivity contribution >= 4 is 22.7 Å². The number of aromatic nitrogens is 1. The van der Waals surface area contributed by atoms with Crippen LogP contribution in [0.4, 0.5) is 0 Å². The van der Waals surface area contributed by atoms with E-state index in [1.165, 1.54) is 0 Å². The lowest BCUT2D eigenvalue weighted by molar-refractivity contribution is 0.0912. The normalized spacial score (nSPS) is 14.1. The maximum absolute atomic E-state index is 12.2. The number of hydrogen-bond acceptors (Lipinski definition) is 3. The van der Waals surface area contributed by atoms with Crippen LogP contribution in [0, 0.1) is 5.92 Å². The second-order valence-electron chi connectivity index (χ2n) is 7.02. The van der Waals surface area contributed by atoms with Gasteiger partial charge in [-0.3, -0.25) is 14.2 Å². The Morgan fingerprint density at radius 2 is 1.81 bits per heavy atom. The predicted molar refractivity (Wildman–Crippen MR) is 107 cm³/mol. The highest BCUT2D eigenvalue weighted by Crippen LogP contribution is 2.26. The first-order valence-corrected chi connectivity index (χ1v) is 9.39. The van der Waals surface area contributed by atoms with Crippen LogP contribution in [0.1, 0.15) is 28.5 Å². The minimum absolute atomic E-state index is 0.0287. The lowest BCUT2D eigenvalue weighted by Crippen LogP contribution is -2.48. The van der Waals surface area contributed by atoms with Gasteiger partial charge in [-0.05, 0) is 41.5 Å². The van der Waals surface area contributed by atoms with E-state index in [0.29, 0.717) is 17.9 Å². The molecule has 2 heterocycles. The van der Waals surface area contributed by atoms with Gasteiger partial charge < -0.3 is 10.6 Å². The molecule has 27 heavy (non-hydrogen) atoms. The highest BCUT2D eigenvalue weighted by molar-refractivity contribution is 5.96. The summed E-state index contributed by atoms with van der Waals surface area (Å²) < 4.78 is 1.70. The van der Waals surface area contributed by atoms with Gasteiger partial charge in [0.05, 0.1) is 5.52 Å². The van der Waals surface area contributed by atoms with E-state index in [0.717, 1.165) is 41.7 Å². The van der Waals surface area contributed by atoms with Crippen LogP contribution in [-0.4, -0.2) is 36.0 Å². The van der Waals surface area contributed by atoms with E-state index < -0.39 is 0 Å². The molecule has 0 unspecified atom stereocenters. The average Bonchev–Trinajstić information content (AvgIpc) is 3.09. The summed E-state index contributed by atoms with van der Waals surface area (Å²) in [6.07, 6.45) is 2.30. The van der Waals surface area contributed by atoms with Crippen molar-refractivity contribution in [2.45, 2.75) is 13.3 Å². The molecule has 0 bridgehead atoms. The maximum atomic E-state index is 12.2. The molecule has 2 aromatic carbocycles. The Kier molecular flexibility index (Phi) is 4.77. The summed E-state index contributed by atoms with van der Waals surface area (Å²) in [6.45, 7) is 4.54. The smallest absolute Gasteiger partial charge is 0.251 e. The SMILES string of the molecule is CCC(=O)n1ccc2cc(-c3ccc(C(=O)NCC4CNC4)cc3)ccc21. The summed E-state index contributed by atoms with van der Waals surface area (Å²) in [5.74, 6) is 0.608. The summed E-state index contributed by atoms with van der Waals surface area (Å²) in [5.41, 5.74) is 3.71. The van der Waals surface area contributed by atoms with Crippen LogP contribution in [0.3, 0.4) is 0 Å². The molecule has 0 radical (unpaired) electrons. The molecule has 0 aliphatic carbocycles.